The van der Waals surface area contributed by atoms with Gasteiger partial charge in [0.05, 0.1) is 23.2 Å². The Balaban J connectivity index is 1.45. The van der Waals surface area contributed by atoms with Crippen molar-refractivity contribution in [2.45, 2.75) is 38.1 Å². The zero-order valence-electron chi connectivity index (χ0n) is 15.7. The number of carbonyl (C=O) groups excluding carboxylic acids is 5. The molecule has 0 aromatic heterocycles. The van der Waals surface area contributed by atoms with Gasteiger partial charge in [0.1, 0.15) is 6.61 Å². The molecule has 4 amide bonds. The van der Waals surface area contributed by atoms with Crippen LogP contribution in [0, 0.1) is 0 Å². The largest absolute Gasteiger partial charge is 0.452 e. The van der Waals surface area contributed by atoms with Gasteiger partial charge in [0.25, 0.3) is 17.7 Å². The van der Waals surface area contributed by atoms with Crippen LogP contribution in [0.2, 0.25) is 0 Å². The molecule has 0 unspecified atom stereocenters. The van der Waals surface area contributed by atoms with Crippen LogP contribution in [0.5, 0.6) is 0 Å². The van der Waals surface area contributed by atoms with E-state index in [1.54, 1.807) is 0 Å². The lowest BCUT2D eigenvalue weighted by Crippen LogP contribution is -2.40. The molecule has 0 bridgehead atoms. The lowest BCUT2D eigenvalue weighted by Gasteiger charge is -2.29. The van der Waals surface area contributed by atoms with E-state index in [4.69, 9.17) is 4.74 Å². The van der Waals surface area contributed by atoms with Gasteiger partial charge in [0.15, 0.2) is 6.61 Å². The third-order valence-electron chi connectivity index (χ3n) is 5.48. The Morgan fingerprint density at radius 2 is 1.76 bits per heavy atom. The van der Waals surface area contributed by atoms with Crippen molar-refractivity contribution in [2.24, 2.45) is 0 Å². The van der Waals surface area contributed by atoms with Crippen molar-refractivity contribution < 1.29 is 33.4 Å². The van der Waals surface area contributed by atoms with Crippen LogP contribution in [0.3, 0.4) is 0 Å². The van der Waals surface area contributed by atoms with Crippen molar-refractivity contribution in [2.75, 3.05) is 19.8 Å². The van der Waals surface area contributed by atoms with Gasteiger partial charge in [-0.1, -0.05) is 19.3 Å². The standard InChI is InChI=1S/C20H20N2O7/c23-16(21-8-9-28-20(21)27)11-29-19(26)12-6-7-14-15(10-12)18(25)22(17(14)24)13-4-2-1-3-5-13/h6-7,10,13H,1-5,8-9,11H2. The maximum Gasteiger partial charge on any atom is 0.416 e. The molecular formula is C20H20N2O7. The summed E-state index contributed by atoms with van der Waals surface area (Å²) in [6.07, 6.45) is 3.88. The van der Waals surface area contributed by atoms with E-state index in [0.717, 1.165) is 37.0 Å². The number of hydrogen-bond donors (Lipinski definition) is 0. The minimum absolute atomic E-state index is 0.0622. The van der Waals surface area contributed by atoms with Gasteiger partial charge in [0, 0.05) is 6.04 Å². The quantitative estimate of drug-likeness (QED) is 0.559. The van der Waals surface area contributed by atoms with E-state index in [1.807, 2.05) is 0 Å². The molecule has 29 heavy (non-hydrogen) atoms. The number of rotatable bonds is 4. The summed E-state index contributed by atoms with van der Waals surface area (Å²) >= 11 is 0. The minimum Gasteiger partial charge on any atom is -0.452 e. The second-order valence-corrected chi connectivity index (χ2v) is 7.27. The number of benzene rings is 1. The highest BCUT2D eigenvalue weighted by molar-refractivity contribution is 6.22. The number of esters is 1. The summed E-state index contributed by atoms with van der Waals surface area (Å²) < 4.78 is 9.63. The van der Waals surface area contributed by atoms with Crippen molar-refractivity contribution in [3.63, 3.8) is 0 Å². The number of amides is 4. The molecule has 9 heteroatoms. The predicted octanol–water partition coefficient (Wildman–Crippen LogP) is 1.75. The molecule has 1 saturated heterocycles. The Morgan fingerprint density at radius 1 is 1.03 bits per heavy atom. The molecule has 1 saturated carbocycles. The van der Waals surface area contributed by atoms with Gasteiger partial charge in [-0.3, -0.25) is 19.3 Å². The maximum atomic E-state index is 12.8. The Bertz CT molecular complexity index is 904. The topological polar surface area (TPSA) is 110 Å². The van der Waals surface area contributed by atoms with Crippen molar-refractivity contribution >= 4 is 29.8 Å². The lowest BCUT2D eigenvalue weighted by atomic mass is 9.94. The molecule has 1 aliphatic carbocycles. The van der Waals surface area contributed by atoms with Crippen molar-refractivity contribution in [1.29, 1.82) is 0 Å². The number of hydrogen-bond acceptors (Lipinski definition) is 7. The highest BCUT2D eigenvalue weighted by Crippen LogP contribution is 2.31. The van der Waals surface area contributed by atoms with Crippen LogP contribution >= 0.6 is 0 Å². The second kappa shape index (κ2) is 7.65. The SMILES string of the molecule is O=C(OCC(=O)N1CCOC1=O)c1ccc2c(c1)C(=O)N(C1CCCCC1)C2=O. The summed E-state index contributed by atoms with van der Waals surface area (Å²) in [5.74, 6) is -2.23. The molecule has 1 aromatic carbocycles. The predicted molar refractivity (Wildman–Crippen MR) is 97.2 cm³/mol. The first-order valence-electron chi connectivity index (χ1n) is 9.63. The van der Waals surface area contributed by atoms with E-state index < -0.39 is 30.5 Å². The number of fused-ring (bicyclic) bond motifs is 1. The Hall–Kier alpha value is -3.23. The molecule has 0 N–H and O–H groups in total. The second-order valence-electron chi connectivity index (χ2n) is 7.27. The first-order valence-corrected chi connectivity index (χ1v) is 9.63. The van der Waals surface area contributed by atoms with Crippen LogP contribution in [-0.4, -0.2) is 65.4 Å². The summed E-state index contributed by atoms with van der Waals surface area (Å²) in [5, 5.41) is 0. The highest BCUT2D eigenvalue weighted by atomic mass is 16.6. The van der Waals surface area contributed by atoms with E-state index >= 15 is 0 Å². The first-order chi connectivity index (χ1) is 14.0. The van der Waals surface area contributed by atoms with E-state index in [9.17, 15) is 24.0 Å². The van der Waals surface area contributed by atoms with Gasteiger partial charge in [-0.05, 0) is 31.0 Å². The average Bonchev–Trinajstić information content (AvgIpc) is 3.27. The Kier molecular flexibility index (Phi) is 5.04. The smallest absolute Gasteiger partial charge is 0.416 e. The van der Waals surface area contributed by atoms with E-state index in [2.05, 4.69) is 4.74 Å². The fourth-order valence-electron chi connectivity index (χ4n) is 3.97. The van der Waals surface area contributed by atoms with Crippen LogP contribution < -0.4 is 0 Å². The van der Waals surface area contributed by atoms with Gasteiger partial charge in [0.2, 0.25) is 0 Å². The van der Waals surface area contributed by atoms with Crippen LogP contribution in [0.1, 0.15) is 63.2 Å². The molecule has 2 aliphatic heterocycles. The monoisotopic (exact) mass is 400 g/mol. The molecule has 4 rings (SSSR count). The lowest BCUT2D eigenvalue weighted by molar-refractivity contribution is -0.131. The molecule has 0 spiro atoms. The van der Waals surface area contributed by atoms with Crippen LogP contribution in [0.15, 0.2) is 18.2 Å². The molecule has 2 heterocycles. The van der Waals surface area contributed by atoms with E-state index in [-0.39, 0.29) is 41.8 Å². The van der Waals surface area contributed by atoms with Gasteiger partial charge >= 0.3 is 12.1 Å². The van der Waals surface area contributed by atoms with Crippen LogP contribution in [0.25, 0.3) is 0 Å². The number of cyclic esters (lactones) is 1. The number of nitrogens with zero attached hydrogens (tertiary/aromatic N) is 2. The normalized spacial score (nSPS) is 19.4. The molecular weight excluding hydrogens is 380 g/mol. The first kappa shape index (κ1) is 19.1. The number of carbonyl (C=O) groups is 5. The molecule has 0 atom stereocenters. The summed E-state index contributed by atoms with van der Waals surface area (Å²) in [7, 11) is 0. The Morgan fingerprint density at radius 3 is 2.45 bits per heavy atom. The molecule has 2 fully saturated rings. The number of imide groups is 2. The zero-order chi connectivity index (χ0) is 20.5. The third kappa shape index (κ3) is 3.48. The van der Waals surface area contributed by atoms with Crippen molar-refractivity contribution in [3.05, 3.63) is 34.9 Å². The molecule has 152 valence electrons. The zero-order valence-corrected chi connectivity index (χ0v) is 15.7. The summed E-state index contributed by atoms with van der Waals surface area (Å²) in [5.41, 5.74) is 0.504. The van der Waals surface area contributed by atoms with Gasteiger partial charge < -0.3 is 9.47 Å². The van der Waals surface area contributed by atoms with Crippen molar-refractivity contribution in [3.8, 4) is 0 Å². The van der Waals surface area contributed by atoms with Gasteiger partial charge in [-0.25, -0.2) is 14.5 Å². The maximum absolute atomic E-state index is 12.8. The van der Waals surface area contributed by atoms with E-state index in [0.29, 0.717) is 0 Å². The Labute approximate surface area is 166 Å². The fourth-order valence-corrected chi connectivity index (χ4v) is 3.97. The number of ether oxygens (including phenoxy) is 2. The third-order valence-corrected chi connectivity index (χ3v) is 5.48. The molecule has 0 radical (unpaired) electrons. The molecule has 9 nitrogen and oxygen atoms in total. The molecule has 1 aromatic rings. The van der Waals surface area contributed by atoms with Crippen LogP contribution in [-0.2, 0) is 14.3 Å². The molecule has 3 aliphatic rings. The summed E-state index contributed by atoms with van der Waals surface area (Å²) in [4.78, 5) is 63.2. The van der Waals surface area contributed by atoms with E-state index in [1.165, 1.54) is 23.1 Å². The average molecular weight is 400 g/mol. The van der Waals surface area contributed by atoms with Crippen LogP contribution in [0.4, 0.5) is 4.79 Å². The van der Waals surface area contributed by atoms with Crippen molar-refractivity contribution in [1.82, 2.24) is 9.80 Å². The minimum atomic E-state index is -0.815. The fraction of sp³-hybridized carbons (Fsp3) is 0.450. The van der Waals surface area contributed by atoms with Gasteiger partial charge in [-0.15, -0.1) is 0 Å². The van der Waals surface area contributed by atoms with Gasteiger partial charge in [-0.2, -0.15) is 0 Å². The highest BCUT2D eigenvalue weighted by Gasteiger charge is 2.40. The summed E-state index contributed by atoms with van der Waals surface area (Å²) in [6.45, 7) is -0.398. The summed E-state index contributed by atoms with van der Waals surface area (Å²) in [6, 6.07) is 4.05.